The molecular formula is C20H18ClFN2O3S2. The molecule has 0 aliphatic carbocycles. The highest BCUT2D eigenvalue weighted by molar-refractivity contribution is 7.92. The molecule has 3 rings (SSSR count). The summed E-state index contributed by atoms with van der Waals surface area (Å²) in [6, 6.07) is 15.3. The van der Waals surface area contributed by atoms with Crippen molar-refractivity contribution in [3.63, 3.8) is 0 Å². The van der Waals surface area contributed by atoms with Crippen molar-refractivity contribution in [1.29, 1.82) is 0 Å². The Hall–Kier alpha value is -2.42. The summed E-state index contributed by atoms with van der Waals surface area (Å²) in [5.41, 5.74) is 0.987. The van der Waals surface area contributed by atoms with E-state index in [1.807, 2.05) is 17.5 Å². The first kappa shape index (κ1) is 21.3. The summed E-state index contributed by atoms with van der Waals surface area (Å²) in [7, 11) is -3.72. The van der Waals surface area contributed by atoms with Crippen molar-refractivity contribution in [2.45, 2.75) is 6.04 Å². The van der Waals surface area contributed by atoms with E-state index in [9.17, 15) is 17.6 Å². The molecule has 0 radical (unpaired) electrons. The fraction of sp³-hybridized carbons (Fsp3) is 0.150. The van der Waals surface area contributed by atoms with Crippen LogP contribution in [0.3, 0.4) is 0 Å². The van der Waals surface area contributed by atoms with Crippen LogP contribution in [0.1, 0.15) is 16.5 Å². The molecular weight excluding hydrogens is 435 g/mol. The summed E-state index contributed by atoms with van der Waals surface area (Å²) in [6.45, 7) is -0.414. The molecule has 152 valence electrons. The predicted octanol–water partition coefficient (Wildman–Crippen LogP) is 4.21. The van der Waals surface area contributed by atoms with Gasteiger partial charge >= 0.3 is 0 Å². The van der Waals surface area contributed by atoms with Crippen molar-refractivity contribution >= 4 is 44.6 Å². The molecule has 5 nitrogen and oxygen atoms in total. The molecule has 1 N–H and O–H groups in total. The number of nitrogens with zero attached hydrogens (tertiary/aromatic N) is 1. The molecule has 1 unspecified atom stereocenters. The van der Waals surface area contributed by atoms with Crippen molar-refractivity contribution < 1.29 is 17.6 Å². The highest BCUT2D eigenvalue weighted by atomic mass is 35.5. The van der Waals surface area contributed by atoms with Gasteiger partial charge in [-0.15, -0.1) is 11.3 Å². The largest absolute Gasteiger partial charge is 0.343 e. The number of carbonyl (C=O) groups is 1. The lowest BCUT2D eigenvalue weighted by Crippen LogP contribution is -2.41. The third-order valence-electron chi connectivity index (χ3n) is 4.12. The maximum Gasteiger partial charge on any atom is 0.241 e. The summed E-state index contributed by atoms with van der Waals surface area (Å²) in [4.78, 5) is 13.6. The van der Waals surface area contributed by atoms with Crippen molar-refractivity contribution in [3.05, 3.63) is 87.3 Å². The second-order valence-corrected chi connectivity index (χ2v) is 9.64. The Kier molecular flexibility index (Phi) is 6.56. The van der Waals surface area contributed by atoms with Crippen molar-refractivity contribution in [3.8, 4) is 0 Å². The summed E-state index contributed by atoms with van der Waals surface area (Å²) < 4.78 is 38.8. The van der Waals surface area contributed by atoms with Gasteiger partial charge in [0.05, 0.1) is 18.0 Å². The zero-order chi connectivity index (χ0) is 21.0. The van der Waals surface area contributed by atoms with Gasteiger partial charge in [-0.1, -0.05) is 35.9 Å². The average molecular weight is 453 g/mol. The first-order chi connectivity index (χ1) is 13.7. The Balaban J connectivity index is 1.86. The number of sulfonamides is 1. The van der Waals surface area contributed by atoms with Gasteiger partial charge in [0.15, 0.2) is 0 Å². The molecule has 0 aliphatic heterocycles. The number of halogens is 2. The Labute approximate surface area is 177 Å². The molecule has 0 fully saturated rings. The Morgan fingerprint density at radius 2 is 1.90 bits per heavy atom. The Morgan fingerprint density at radius 1 is 1.17 bits per heavy atom. The molecule has 1 amide bonds. The van der Waals surface area contributed by atoms with E-state index in [4.69, 9.17) is 11.6 Å². The summed E-state index contributed by atoms with van der Waals surface area (Å²) in [6.07, 6.45) is 1.03. The minimum absolute atomic E-state index is 0.296. The molecule has 2 aromatic carbocycles. The first-order valence-corrected chi connectivity index (χ1v) is 11.7. The maximum atomic E-state index is 13.3. The third kappa shape index (κ3) is 5.56. The van der Waals surface area contributed by atoms with Crippen LogP contribution in [-0.2, 0) is 14.8 Å². The van der Waals surface area contributed by atoms with Gasteiger partial charge in [-0.25, -0.2) is 12.8 Å². The van der Waals surface area contributed by atoms with E-state index >= 15 is 0 Å². The fourth-order valence-corrected chi connectivity index (χ4v) is 4.63. The van der Waals surface area contributed by atoms with Gasteiger partial charge in [0.2, 0.25) is 15.9 Å². The maximum absolute atomic E-state index is 13.3. The van der Waals surface area contributed by atoms with E-state index in [0.29, 0.717) is 16.3 Å². The lowest BCUT2D eigenvalue weighted by molar-refractivity contribution is -0.120. The topological polar surface area (TPSA) is 66.5 Å². The molecule has 0 saturated heterocycles. The third-order valence-corrected chi connectivity index (χ3v) is 6.43. The second kappa shape index (κ2) is 8.94. The van der Waals surface area contributed by atoms with Crippen LogP contribution in [0.25, 0.3) is 0 Å². The van der Waals surface area contributed by atoms with E-state index in [-0.39, 0.29) is 5.82 Å². The molecule has 0 bridgehead atoms. The second-order valence-electron chi connectivity index (χ2n) is 6.32. The van der Waals surface area contributed by atoms with Gasteiger partial charge in [0.1, 0.15) is 12.4 Å². The molecule has 29 heavy (non-hydrogen) atoms. The van der Waals surface area contributed by atoms with Crippen molar-refractivity contribution in [2.75, 3.05) is 17.1 Å². The van der Waals surface area contributed by atoms with E-state index in [1.54, 1.807) is 30.3 Å². The Morgan fingerprint density at radius 3 is 2.48 bits per heavy atom. The van der Waals surface area contributed by atoms with Crippen LogP contribution in [0, 0.1) is 5.82 Å². The monoisotopic (exact) mass is 452 g/mol. The van der Waals surface area contributed by atoms with Gasteiger partial charge in [-0.3, -0.25) is 9.10 Å². The van der Waals surface area contributed by atoms with Crippen LogP contribution >= 0.6 is 22.9 Å². The summed E-state index contributed by atoms with van der Waals surface area (Å²) in [5, 5.41) is 5.08. The lowest BCUT2D eigenvalue weighted by atomic mass is 10.1. The van der Waals surface area contributed by atoms with Gasteiger partial charge in [-0.05, 0) is 47.3 Å². The molecule has 0 spiro atoms. The van der Waals surface area contributed by atoms with Gasteiger partial charge in [-0.2, -0.15) is 0 Å². The number of rotatable bonds is 7. The molecule has 1 heterocycles. The van der Waals surface area contributed by atoms with E-state index in [0.717, 1.165) is 15.4 Å². The number of carbonyl (C=O) groups excluding carboxylic acids is 1. The number of benzene rings is 2. The zero-order valence-electron chi connectivity index (χ0n) is 15.4. The van der Waals surface area contributed by atoms with Crippen LogP contribution in [-0.4, -0.2) is 27.1 Å². The molecule has 0 aliphatic rings. The number of anilines is 1. The van der Waals surface area contributed by atoms with Crippen molar-refractivity contribution in [2.24, 2.45) is 0 Å². The van der Waals surface area contributed by atoms with Gasteiger partial charge in [0.25, 0.3) is 0 Å². The SMILES string of the molecule is CS(=O)(=O)N(CC(=O)NC(c1ccc(F)cc1)c1cccs1)c1cccc(Cl)c1. The van der Waals surface area contributed by atoms with Crippen LogP contribution in [0.2, 0.25) is 5.02 Å². The number of amides is 1. The van der Waals surface area contributed by atoms with E-state index in [2.05, 4.69) is 5.32 Å². The lowest BCUT2D eigenvalue weighted by Gasteiger charge is -2.24. The summed E-state index contributed by atoms with van der Waals surface area (Å²) >= 11 is 7.41. The van der Waals surface area contributed by atoms with Crippen LogP contribution in [0.5, 0.6) is 0 Å². The minimum atomic E-state index is -3.72. The minimum Gasteiger partial charge on any atom is -0.343 e. The summed E-state index contributed by atoms with van der Waals surface area (Å²) in [5.74, 6) is -0.882. The molecule has 1 atom stereocenters. The smallest absolute Gasteiger partial charge is 0.241 e. The quantitative estimate of drug-likeness (QED) is 0.583. The van der Waals surface area contributed by atoms with Crippen LogP contribution in [0.4, 0.5) is 10.1 Å². The number of thiophene rings is 1. The highest BCUT2D eigenvalue weighted by Crippen LogP contribution is 2.27. The number of hydrogen-bond donors (Lipinski definition) is 1. The fourth-order valence-electron chi connectivity index (χ4n) is 2.80. The number of nitrogens with one attached hydrogen (secondary N) is 1. The molecule has 3 aromatic rings. The van der Waals surface area contributed by atoms with Crippen LogP contribution in [0.15, 0.2) is 66.0 Å². The van der Waals surface area contributed by atoms with E-state index < -0.39 is 28.5 Å². The van der Waals surface area contributed by atoms with Crippen LogP contribution < -0.4 is 9.62 Å². The normalized spacial score (nSPS) is 12.4. The molecule has 0 saturated carbocycles. The molecule has 9 heteroatoms. The molecule has 1 aromatic heterocycles. The standard InChI is InChI=1S/C20H18ClFN2O3S2/c1-29(26,27)24(17-5-2-4-15(21)12-17)13-19(25)23-20(18-6-3-11-28-18)14-7-9-16(22)10-8-14/h2-12,20H,13H2,1H3,(H,23,25). The highest BCUT2D eigenvalue weighted by Gasteiger charge is 2.24. The average Bonchev–Trinajstić information content (AvgIpc) is 3.18. The van der Waals surface area contributed by atoms with Gasteiger partial charge < -0.3 is 5.32 Å². The van der Waals surface area contributed by atoms with Gasteiger partial charge in [0, 0.05) is 9.90 Å². The van der Waals surface area contributed by atoms with Crippen molar-refractivity contribution in [1.82, 2.24) is 5.32 Å². The zero-order valence-corrected chi connectivity index (χ0v) is 17.8. The van der Waals surface area contributed by atoms with E-state index in [1.165, 1.54) is 29.5 Å². The first-order valence-electron chi connectivity index (χ1n) is 8.55. The predicted molar refractivity (Wildman–Crippen MR) is 114 cm³/mol. The number of hydrogen-bond acceptors (Lipinski definition) is 4. The Bertz CT molecular complexity index is 1090.